The van der Waals surface area contributed by atoms with Gasteiger partial charge < -0.3 is 145 Å². The first-order valence-electron chi connectivity index (χ1n) is 46.8. The predicted octanol–water partition coefficient (Wildman–Crippen LogP) is 11.7. The van der Waals surface area contributed by atoms with Gasteiger partial charge in [-0.05, 0) is 220 Å². The van der Waals surface area contributed by atoms with Crippen LogP contribution in [0.5, 0.6) is 69.0 Å². The Morgan fingerprint density at radius 1 is 0.500 bits per heavy atom. The van der Waals surface area contributed by atoms with E-state index < -0.39 is 66.2 Å². The number of para-hydroxylation sites is 2. The van der Waals surface area contributed by atoms with E-state index in [1.807, 2.05) is 113 Å². The number of carbonyl (C=O) groups is 5. The van der Waals surface area contributed by atoms with Crippen molar-refractivity contribution in [1.82, 2.24) is 24.2 Å². The second kappa shape index (κ2) is 65.4. The third-order valence-electron chi connectivity index (χ3n) is 20.9. The standard InChI is InChI=1S/C21H29N3O4.C19H27N3O6.C19H29N3O4.C11H22N2O2.C8H6FNO4.C8H7FO2.C6H5FO2.C2H4Br2.CBrN.CH2O3.2K.HNO3.H/c1-21(2,3)28-20(25)23-9-5-4-6-15(13-23)24-17(22)12-14-7-8-16-19(18(14)24)27-11-10-26-16;1-19(2,3)28-18(23)21-9-5-4-6-13(12-21)20-16-14(22(24)25)7-8-15-17(16)27-11-10-26-15;1-19(2,3)26-18(23)22-9-5-4-6-13(12-22)21-16-14(20)7-8-15-17(16)25-11-10-24-15;1-11(2,3)15-10(14)13-7-5-4-6-9(12)8-13;9-7-5(10(11)12)1-2-6-8(7)14-4-3-13-6;9-6-2-1-3-7-8(6)11-5-4-10-7;7-4-2-1-3-5(8)6(4)9;3-1-2-4;2-1-3;2-1-4-3;;;2-1(3)4;/h7-8,12,15H,4-6,9-11,13,22H2,1-3H3;7-8,13,20H,4-6,9-12H2,1-3H3;7-8,13,21H,4-6,9-12,20H2,1-3H3;9H,4-8,12H2,1-3H3;1-2H,3-4H2;1-3H,4-5H2;1-3,8-9H;1-2H2;;1,3H;;;(H,2,3,4);/q;;;;;;;;;;2*+1;;-1/p-1/t15-;2*13-;9-;;;;;;;;;;/m1111........../s1. The third-order valence-corrected chi connectivity index (χ3v) is 22.8. The molecule has 52 heteroatoms. The monoisotopic (exact) mass is 2330 g/mol. The molecule has 11 N–H and O–H groups in total. The van der Waals surface area contributed by atoms with Gasteiger partial charge in [0.05, 0.1) is 27.1 Å². The number of fused-ring (bicyclic) bond motifs is 7. The Hall–Kier alpha value is -9.88. The maximum absolute atomic E-state index is 13.4. The molecule has 9 aliphatic rings. The molecule has 0 aliphatic carbocycles. The number of hydrogen-bond acceptors (Lipinski definition) is 35. The molecule has 148 heavy (non-hydrogen) atoms. The fourth-order valence-electron chi connectivity index (χ4n) is 15.1. The first kappa shape index (κ1) is 130. The average molecular weight is 2340 g/mol. The van der Waals surface area contributed by atoms with Gasteiger partial charge in [0, 0.05) is 115 Å². The van der Waals surface area contributed by atoms with E-state index in [-0.39, 0.29) is 195 Å². The van der Waals surface area contributed by atoms with E-state index in [2.05, 4.69) is 67.9 Å². The number of nitro groups is 2. The number of rotatable bonds is 9. The second-order valence-corrected chi connectivity index (χ2v) is 38.9. The molecule has 4 amide bonds. The van der Waals surface area contributed by atoms with Crippen LogP contribution in [0.3, 0.4) is 0 Å². The number of nitrogens with zero attached hydrogens (tertiary/aromatic N) is 9. The van der Waals surface area contributed by atoms with E-state index >= 15 is 0 Å². The van der Waals surface area contributed by atoms with E-state index in [4.69, 9.17) is 124 Å². The zero-order valence-corrected chi connectivity index (χ0v) is 96.6. The van der Waals surface area contributed by atoms with Gasteiger partial charge in [-0.2, -0.15) is 9.65 Å². The fourth-order valence-corrected chi connectivity index (χ4v) is 15.1. The van der Waals surface area contributed by atoms with Crippen LogP contribution in [0.25, 0.3) is 10.9 Å². The van der Waals surface area contributed by atoms with Crippen LogP contribution in [0.4, 0.5) is 66.6 Å². The van der Waals surface area contributed by atoms with Gasteiger partial charge in [0.25, 0.3) is 17.2 Å². The van der Waals surface area contributed by atoms with Gasteiger partial charge in [-0.1, -0.05) is 50.4 Å². The summed E-state index contributed by atoms with van der Waals surface area (Å²) in [5.74, 6) is 1.84. The van der Waals surface area contributed by atoms with Crippen LogP contribution in [0.1, 0.15) is 168 Å². The van der Waals surface area contributed by atoms with Crippen LogP contribution in [-0.4, -0.2) is 255 Å². The van der Waals surface area contributed by atoms with Gasteiger partial charge in [0.1, 0.15) is 105 Å². The van der Waals surface area contributed by atoms with Crippen LogP contribution in [-0.2, 0) is 28.6 Å². The van der Waals surface area contributed by atoms with E-state index in [0.29, 0.717) is 151 Å². The first-order valence-corrected chi connectivity index (χ1v) is 49.8. The van der Waals surface area contributed by atoms with Crippen LogP contribution in [0, 0.1) is 58.0 Å². The van der Waals surface area contributed by atoms with Crippen molar-refractivity contribution in [2.75, 3.05) is 151 Å². The maximum Gasteiger partial charge on any atom is 1.00 e. The molecule has 0 bridgehead atoms. The van der Waals surface area contributed by atoms with E-state index in [9.17, 15) is 52.6 Å². The largest absolute Gasteiger partial charge is 1.00 e. The van der Waals surface area contributed by atoms with Gasteiger partial charge >= 0.3 is 133 Å². The Labute approximate surface area is 968 Å². The Morgan fingerprint density at radius 3 is 1.26 bits per heavy atom. The number of nitrogens with one attached hydrogen (secondary N) is 2. The zero-order chi connectivity index (χ0) is 108. The summed E-state index contributed by atoms with van der Waals surface area (Å²) < 4.78 is 117. The molecule has 4 saturated heterocycles. The number of nitrogens with two attached hydrogens (primary N) is 3. The molecule has 810 valence electrons. The number of ether oxygens (including phenoxy) is 14. The number of halogens is 6. The maximum atomic E-state index is 13.4. The van der Waals surface area contributed by atoms with Crippen molar-refractivity contribution < 1.29 is 248 Å². The Bertz CT molecular complexity index is 5440. The Balaban J connectivity index is 0.000000446. The number of alkyl halides is 2. The van der Waals surface area contributed by atoms with Crippen LogP contribution < -0.4 is 183 Å². The molecule has 4 atom stereocenters. The minimum absolute atomic E-state index is 0. The normalized spacial score (nSPS) is 17.0. The van der Waals surface area contributed by atoms with Crippen molar-refractivity contribution in [3.8, 4) is 74.0 Å². The first-order chi connectivity index (χ1) is 69.1. The van der Waals surface area contributed by atoms with Crippen molar-refractivity contribution in [1.29, 1.82) is 5.26 Å². The number of nitro benzene ring substituents is 2. The number of amides is 4. The molecule has 1 aromatic heterocycles. The average Bonchev–Trinajstić information content (AvgIpc) is 1.60. The molecule has 9 aliphatic heterocycles. The number of nitrogen functional groups attached to an aromatic ring is 2. The SMILES string of the molecule is BrCCBr.CC(C)(C)OC(=O)N1CCCC[C@@H](N)C1.CC(C)(C)OC(=O)N1CCCC[C@@H](Nc2c(N)ccc3c2OCCO3)C1.CC(C)(C)OC(=O)N1CCCC[C@@H](Nc2c([N+](=O)[O-])ccc3c2OCCO3)C1.CC(C)(C)OC(=O)N1CCCC[C@@H](n2c(N)cc3ccc4c(c32)OCCO4)C1.Fc1cccc2c1OCCO2.N#CBr.O=CO[O-].O=[N+]([O-])O.O=[N+]([O-])c1ccc2c(c1F)OCCO2.Oc1cccc(F)c1O.[H-].[K+].[K+]. The topological polar surface area (TPSA) is 581 Å². The third kappa shape index (κ3) is 45.0. The smallest absolute Gasteiger partial charge is 1.00 e. The molecule has 4 fully saturated rings. The summed E-state index contributed by atoms with van der Waals surface area (Å²) in [4.78, 5) is 98.2. The second-order valence-electron chi connectivity index (χ2n) is 37.0. The molecule has 0 saturated carbocycles. The molecule has 7 aromatic rings. The summed E-state index contributed by atoms with van der Waals surface area (Å²) in [6.07, 6.45) is 10.4. The molecule has 0 unspecified atom stereocenters. The Morgan fingerprint density at radius 2 is 0.845 bits per heavy atom. The molecule has 6 aromatic carbocycles. The minimum atomic E-state index is -1.50. The number of hydrogen-bond donors (Lipinski definition) is 8. The minimum Gasteiger partial charge on any atom is -1.00 e. The van der Waals surface area contributed by atoms with Crippen molar-refractivity contribution in [2.45, 2.75) is 207 Å². The summed E-state index contributed by atoms with van der Waals surface area (Å²) in [6.45, 7) is 31.4. The van der Waals surface area contributed by atoms with E-state index in [0.717, 1.165) is 134 Å². The summed E-state index contributed by atoms with van der Waals surface area (Å²) in [6, 6.07) is 23.2. The van der Waals surface area contributed by atoms with E-state index in [1.165, 1.54) is 30.3 Å². The molecule has 0 radical (unpaired) electrons. The molecular formula is C96H132Br3F3K2N14O30. The van der Waals surface area contributed by atoms with Gasteiger partial charge in [0.2, 0.25) is 11.6 Å². The van der Waals surface area contributed by atoms with Crippen molar-refractivity contribution in [3.05, 3.63) is 139 Å². The number of benzene rings is 6. The van der Waals surface area contributed by atoms with Gasteiger partial charge in [-0.15, -0.1) is 10.1 Å². The summed E-state index contributed by atoms with van der Waals surface area (Å²) in [5.41, 5.74) is 18.4. The molecular weight excluding hydrogens is 2200 g/mol. The number of nitriles is 1. The molecule has 16 rings (SSSR count). The van der Waals surface area contributed by atoms with Crippen LogP contribution >= 0.6 is 47.8 Å². The summed E-state index contributed by atoms with van der Waals surface area (Å²) in [5, 5.41) is 78.3. The van der Waals surface area contributed by atoms with Gasteiger partial charge in [0.15, 0.2) is 80.6 Å². The van der Waals surface area contributed by atoms with E-state index in [1.54, 1.807) is 42.8 Å². The number of likely N-dealkylation sites (tertiary alicyclic amines) is 4. The van der Waals surface area contributed by atoms with Crippen molar-refractivity contribution in [3.63, 3.8) is 0 Å². The molecule has 44 nitrogen and oxygen atoms in total. The molecule has 10 heterocycles. The number of aromatic nitrogens is 1. The van der Waals surface area contributed by atoms with Crippen LogP contribution in [0.2, 0.25) is 0 Å². The Kier molecular flexibility index (Phi) is 57.6. The number of anilines is 4. The quantitative estimate of drug-likeness (QED) is 0.00766. The number of phenolic OH excluding ortho intramolecular Hbond substituents is 2. The summed E-state index contributed by atoms with van der Waals surface area (Å²) in [7, 11) is 0. The zero-order valence-electron chi connectivity index (χ0n) is 86.6. The summed E-state index contributed by atoms with van der Waals surface area (Å²) >= 11 is 8.85. The predicted molar refractivity (Wildman–Crippen MR) is 542 cm³/mol. The number of carbonyl (C=O) groups excluding carboxylic acids is 5. The molecule has 0 spiro atoms. The van der Waals surface area contributed by atoms with Crippen molar-refractivity contribution >= 4 is 124 Å². The van der Waals surface area contributed by atoms with Gasteiger partial charge in [-0.25, -0.2) is 28.0 Å². The van der Waals surface area contributed by atoms with Crippen LogP contribution in [0.15, 0.2) is 91.0 Å². The van der Waals surface area contributed by atoms with Crippen molar-refractivity contribution in [2.24, 2.45) is 5.73 Å². The van der Waals surface area contributed by atoms with Gasteiger partial charge in [-0.3, -0.25) is 25.0 Å². The number of aromatic hydroxyl groups is 2. The number of phenols is 2. The fraction of sp³-hybridized carbons (Fsp3) is 0.542.